The lowest BCUT2D eigenvalue weighted by Gasteiger charge is -2.06. The number of hydrogen-bond acceptors (Lipinski definition) is 3. The van der Waals surface area contributed by atoms with Crippen LogP contribution in [-0.4, -0.2) is 22.1 Å². The quantitative estimate of drug-likeness (QED) is 0.799. The van der Waals surface area contributed by atoms with Gasteiger partial charge in [0.1, 0.15) is 0 Å². The number of ketones is 1. The fourth-order valence-electron chi connectivity index (χ4n) is 1.57. The zero-order valence-corrected chi connectivity index (χ0v) is 9.76. The minimum absolute atomic E-state index is 0.0908. The minimum Gasteiger partial charge on any atom is -0.383 e. The molecule has 0 aliphatic carbocycles. The number of carbonyl (C=O) groups is 1. The van der Waals surface area contributed by atoms with Crippen LogP contribution in [0.15, 0.2) is 42.7 Å². The standard InChI is InChI=1S/C13H15N3O/c1-11(17)12-3-5-13(6-4-12)14-8-10-16-9-2-7-15-16/h2-7,9,14H,8,10H2,1H3. The van der Waals surface area contributed by atoms with E-state index in [1.54, 1.807) is 13.1 Å². The molecule has 17 heavy (non-hydrogen) atoms. The molecule has 0 radical (unpaired) electrons. The number of benzene rings is 1. The summed E-state index contributed by atoms with van der Waals surface area (Å²) in [5.41, 5.74) is 1.75. The number of nitrogens with one attached hydrogen (secondary N) is 1. The molecule has 0 saturated heterocycles. The summed E-state index contributed by atoms with van der Waals surface area (Å²) < 4.78 is 1.87. The predicted octanol–water partition coefficient (Wildman–Crippen LogP) is 2.20. The summed E-state index contributed by atoms with van der Waals surface area (Å²) >= 11 is 0. The highest BCUT2D eigenvalue weighted by atomic mass is 16.1. The highest BCUT2D eigenvalue weighted by molar-refractivity contribution is 5.94. The minimum atomic E-state index is 0.0908. The Morgan fingerprint density at radius 3 is 2.71 bits per heavy atom. The zero-order valence-electron chi connectivity index (χ0n) is 9.76. The van der Waals surface area contributed by atoms with Crippen molar-refractivity contribution in [2.24, 2.45) is 0 Å². The van der Waals surface area contributed by atoms with Crippen molar-refractivity contribution in [2.45, 2.75) is 13.5 Å². The molecule has 1 heterocycles. The van der Waals surface area contributed by atoms with Crippen LogP contribution < -0.4 is 5.32 Å². The van der Waals surface area contributed by atoms with E-state index in [1.165, 1.54) is 0 Å². The number of nitrogens with zero attached hydrogens (tertiary/aromatic N) is 2. The Labute approximate surface area is 100 Å². The molecule has 0 bridgehead atoms. The molecule has 88 valence electrons. The van der Waals surface area contributed by atoms with Crippen molar-refractivity contribution in [3.8, 4) is 0 Å². The molecule has 1 aromatic heterocycles. The second-order valence-corrected chi connectivity index (χ2v) is 3.83. The fourth-order valence-corrected chi connectivity index (χ4v) is 1.57. The molecule has 1 aromatic carbocycles. The Bertz CT molecular complexity index is 474. The van der Waals surface area contributed by atoms with Crippen LogP contribution >= 0.6 is 0 Å². The van der Waals surface area contributed by atoms with Gasteiger partial charge in [-0.05, 0) is 37.3 Å². The van der Waals surface area contributed by atoms with Gasteiger partial charge in [-0.2, -0.15) is 5.10 Å². The summed E-state index contributed by atoms with van der Waals surface area (Å²) in [5, 5.41) is 7.39. The average Bonchev–Trinajstić information content (AvgIpc) is 2.83. The molecule has 0 atom stereocenters. The molecule has 0 amide bonds. The van der Waals surface area contributed by atoms with Gasteiger partial charge in [-0.3, -0.25) is 9.48 Å². The number of Topliss-reactive ketones (excluding diaryl/α,β-unsaturated/α-hetero) is 1. The van der Waals surface area contributed by atoms with E-state index in [9.17, 15) is 4.79 Å². The molecule has 0 fully saturated rings. The smallest absolute Gasteiger partial charge is 0.159 e. The Hall–Kier alpha value is -2.10. The normalized spacial score (nSPS) is 10.2. The maximum Gasteiger partial charge on any atom is 0.159 e. The van der Waals surface area contributed by atoms with Crippen LogP contribution in [0.3, 0.4) is 0 Å². The third kappa shape index (κ3) is 3.17. The van der Waals surface area contributed by atoms with Crippen molar-refractivity contribution < 1.29 is 4.79 Å². The van der Waals surface area contributed by atoms with Gasteiger partial charge in [0.15, 0.2) is 5.78 Å². The Balaban J connectivity index is 1.85. The van der Waals surface area contributed by atoms with E-state index in [4.69, 9.17) is 0 Å². The summed E-state index contributed by atoms with van der Waals surface area (Å²) in [5.74, 6) is 0.0908. The number of anilines is 1. The fraction of sp³-hybridized carbons (Fsp3) is 0.231. The molecule has 0 aliphatic heterocycles. The van der Waals surface area contributed by atoms with Crippen LogP contribution in [0.4, 0.5) is 5.69 Å². The SMILES string of the molecule is CC(=O)c1ccc(NCCn2cccn2)cc1. The molecule has 0 unspecified atom stereocenters. The van der Waals surface area contributed by atoms with Gasteiger partial charge in [0.25, 0.3) is 0 Å². The van der Waals surface area contributed by atoms with Crippen molar-refractivity contribution in [3.05, 3.63) is 48.3 Å². The monoisotopic (exact) mass is 229 g/mol. The van der Waals surface area contributed by atoms with Gasteiger partial charge in [-0.25, -0.2) is 0 Å². The molecular formula is C13H15N3O. The zero-order chi connectivity index (χ0) is 12.1. The van der Waals surface area contributed by atoms with Gasteiger partial charge in [-0.15, -0.1) is 0 Å². The Kier molecular flexibility index (Phi) is 3.55. The molecule has 2 aromatic rings. The predicted molar refractivity (Wildman–Crippen MR) is 67.2 cm³/mol. The molecule has 2 rings (SSSR count). The molecule has 1 N–H and O–H groups in total. The third-order valence-electron chi connectivity index (χ3n) is 2.52. The van der Waals surface area contributed by atoms with Crippen molar-refractivity contribution >= 4 is 11.5 Å². The van der Waals surface area contributed by atoms with Crippen molar-refractivity contribution in [1.29, 1.82) is 0 Å². The maximum absolute atomic E-state index is 11.1. The summed E-state index contributed by atoms with van der Waals surface area (Å²) in [6.45, 7) is 3.20. The van der Waals surface area contributed by atoms with Crippen molar-refractivity contribution in [1.82, 2.24) is 9.78 Å². The van der Waals surface area contributed by atoms with E-state index in [-0.39, 0.29) is 5.78 Å². The first kappa shape index (κ1) is 11.4. The van der Waals surface area contributed by atoms with E-state index >= 15 is 0 Å². The van der Waals surface area contributed by atoms with E-state index in [0.29, 0.717) is 0 Å². The lowest BCUT2D eigenvalue weighted by Crippen LogP contribution is -2.10. The average molecular weight is 229 g/mol. The van der Waals surface area contributed by atoms with Crippen molar-refractivity contribution in [3.63, 3.8) is 0 Å². The number of rotatable bonds is 5. The van der Waals surface area contributed by atoms with Gasteiger partial charge in [0.05, 0.1) is 6.54 Å². The summed E-state index contributed by atoms with van der Waals surface area (Å²) in [6, 6.07) is 9.40. The molecule has 0 saturated carbocycles. The highest BCUT2D eigenvalue weighted by Gasteiger charge is 1.98. The topological polar surface area (TPSA) is 46.9 Å². The van der Waals surface area contributed by atoms with Gasteiger partial charge >= 0.3 is 0 Å². The first-order chi connectivity index (χ1) is 8.25. The molecular weight excluding hydrogens is 214 g/mol. The van der Waals surface area contributed by atoms with Crippen LogP contribution in [0.25, 0.3) is 0 Å². The Morgan fingerprint density at radius 1 is 1.35 bits per heavy atom. The Morgan fingerprint density at radius 2 is 2.12 bits per heavy atom. The molecule has 4 nitrogen and oxygen atoms in total. The van der Waals surface area contributed by atoms with E-state index in [2.05, 4.69) is 10.4 Å². The second kappa shape index (κ2) is 5.30. The number of aromatic nitrogens is 2. The number of hydrogen-bond donors (Lipinski definition) is 1. The maximum atomic E-state index is 11.1. The largest absolute Gasteiger partial charge is 0.383 e. The van der Waals surface area contributed by atoms with Crippen molar-refractivity contribution in [2.75, 3.05) is 11.9 Å². The van der Waals surface area contributed by atoms with Gasteiger partial charge in [0.2, 0.25) is 0 Å². The van der Waals surface area contributed by atoms with Crippen LogP contribution in [0.2, 0.25) is 0 Å². The van der Waals surface area contributed by atoms with E-state index in [1.807, 2.05) is 41.2 Å². The van der Waals surface area contributed by atoms with Gasteiger partial charge in [0, 0.05) is 30.2 Å². The first-order valence-electron chi connectivity index (χ1n) is 5.58. The highest BCUT2D eigenvalue weighted by Crippen LogP contribution is 2.09. The molecule has 0 aliphatic rings. The van der Waals surface area contributed by atoms with Gasteiger partial charge in [-0.1, -0.05) is 0 Å². The lowest BCUT2D eigenvalue weighted by atomic mass is 10.1. The summed E-state index contributed by atoms with van der Waals surface area (Å²) in [7, 11) is 0. The second-order valence-electron chi connectivity index (χ2n) is 3.83. The van der Waals surface area contributed by atoms with Gasteiger partial charge < -0.3 is 5.32 Å². The summed E-state index contributed by atoms with van der Waals surface area (Å²) in [6.07, 6.45) is 3.70. The number of carbonyl (C=O) groups excluding carboxylic acids is 1. The summed E-state index contributed by atoms with van der Waals surface area (Å²) in [4.78, 5) is 11.1. The van der Waals surface area contributed by atoms with Crippen LogP contribution in [0, 0.1) is 0 Å². The molecule has 0 spiro atoms. The third-order valence-corrected chi connectivity index (χ3v) is 2.52. The van der Waals surface area contributed by atoms with Crippen LogP contribution in [-0.2, 0) is 6.54 Å². The van der Waals surface area contributed by atoms with Crippen LogP contribution in [0.5, 0.6) is 0 Å². The van der Waals surface area contributed by atoms with E-state index in [0.717, 1.165) is 24.3 Å². The van der Waals surface area contributed by atoms with E-state index < -0.39 is 0 Å². The molecule has 4 heteroatoms. The lowest BCUT2D eigenvalue weighted by molar-refractivity contribution is 0.101. The van der Waals surface area contributed by atoms with Crippen LogP contribution in [0.1, 0.15) is 17.3 Å². The first-order valence-corrected chi connectivity index (χ1v) is 5.58.